The molecule has 0 fully saturated rings. The van der Waals surface area contributed by atoms with E-state index in [-0.39, 0.29) is 0 Å². The molecule has 0 saturated carbocycles. The van der Waals surface area contributed by atoms with Gasteiger partial charge in [-0.25, -0.2) is 0 Å². The van der Waals surface area contributed by atoms with Gasteiger partial charge in [0.05, 0.1) is 0 Å². The second kappa shape index (κ2) is 1.58. The van der Waals surface area contributed by atoms with Crippen LogP contribution in [0.4, 0.5) is 0 Å². The van der Waals surface area contributed by atoms with Crippen molar-refractivity contribution in [3.63, 3.8) is 0 Å². The lowest BCUT2D eigenvalue weighted by atomic mass is 10.8. The normalized spacial score (nSPS) is 6.60. The van der Waals surface area contributed by atoms with Crippen LogP contribution in [-0.2, 0) is 4.79 Å². The molecule has 0 bridgehead atoms. The Morgan fingerprint density at radius 1 is 1.80 bits per heavy atom. The van der Waals surface area contributed by atoms with Crippen molar-refractivity contribution in [1.29, 1.82) is 0 Å². The maximum atomic E-state index is 9.33. The Kier molecular flexibility index (Phi) is 1.35. The largest absolute Gasteiger partial charge is 0.283 e. The van der Waals surface area contributed by atoms with Gasteiger partial charge in [-0.15, -0.1) is 4.91 Å². The molecule has 0 aromatic carbocycles. The number of carbonyl (C=O) groups is 1. The van der Waals surface area contributed by atoms with Gasteiger partial charge in [-0.1, -0.05) is 0 Å². The van der Waals surface area contributed by atoms with E-state index in [1.54, 1.807) is 0 Å². The number of nitrogens with zero attached hydrogens (tertiary/aromatic N) is 1. The van der Waals surface area contributed by atoms with E-state index in [1.807, 2.05) is 5.18 Å². The van der Waals surface area contributed by atoms with Gasteiger partial charge in [-0.05, 0) is 0 Å². The molecule has 0 aliphatic heterocycles. The number of amides is 1. The first kappa shape index (κ1) is 4.27. The van der Waals surface area contributed by atoms with Gasteiger partial charge in [0.1, 0.15) is 0 Å². The molecule has 28 valence electrons. The second-order valence-corrected chi connectivity index (χ2v) is 0.610. The van der Waals surface area contributed by atoms with Gasteiger partial charge in [0.15, 0.2) is 0 Å². The van der Waals surface area contributed by atoms with Gasteiger partial charge < -0.3 is 0 Å². The first-order chi connectivity index (χ1) is 2.27. The van der Waals surface area contributed by atoms with Crippen LogP contribution in [0.1, 0.15) is 6.92 Å². The van der Waals surface area contributed by atoms with E-state index in [4.69, 9.17) is 4.91 Å². The number of rotatable bonds is 0. The molecule has 0 aromatic heterocycles. The van der Waals surface area contributed by atoms with E-state index in [1.165, 1.54) is 0 Å². The maximum absolute atomic E-state index is 9.33. The maximum Gasteiger partial charge on any atom is 0.283 e. The summed E-state index contributed by atoms with van der Waals surface area (Å²) in [5.41, 5.74) is 0. The zero-order valence-electron chi connectivity index (χ0n) is 2.76. The molecule has 0 saturated heterocycles. The number of hydrogen-bond acceptors (Lipinski definition) is 2. The predicted molar refractivity (Wildman–Crippen MR) is 16.5 cm³/mol. The molecule has 0 N–H and O–H groups in total. The molecule has 1 amide bonds. The third-order valence-electron chi connectivity index (χ3n) is 0.129. The highest BCUT2D eigenvalue weighted by Gasteiger charge is 1.77. The van der Waals surface area contributed by atoms with Gasteiger partial charge in [-0.3, -0.25) is 4.79 Å². The summed E-state index contributed by atoms with van der Waals surface area (Å²) in [5, 5.41) is 2.00. The summed E-state index contributed by atoms with van der Waals surface area (Å²) in [6.45, 7) is 1.10. The van der Waals surface area contributed by atoms with Crippen LogP contribution >= 0.6 is 0 Å². The summed E-state index contributed by atoms with van der Waals surface area (Å²) >= 11 is 0. The molecule has 3 nitrogen and oxygen atoms in total. The molecule has 5 heavy (non-hydrogen) atoms. The minimum atomic E-state index is -0.676. The number of carbonyl (C=O) groups excluding carboxylic acids is 1. The standard InChI is InChI=1S/C2H3NO2/c1-2(4)3-5/h1H3. The van der Waals surface area contributed by atoms with E-state index in [0.717, 1.165) is 6.92 Å². The quantitative estimate of drug-likeness (QED) is 0.387. The zero-order chi connectivity index (χ0) is 4.28. The van der Waals surface area contributed by atoms with E-state index in [0.29, 0.717) is 0 Å². The molecule has 0 unspecified atom stereocenters. The topological polar surface area (TPSA) is 46.5 Å². The highest BCUT2D eigenvalue weighted by molar-refractivity contribution is 5.73. The van der Waals surface area contributed by atoms with E-state index in [2.05, 4.69) is 0 Å². The van der Waals surface area contributed by atoms with Gasteiger partial charge in [0, 0.05) is 12.1 Å². The average Bonchev–Trinajstić information content (AvgIpc) is 1.38. The fraction of sp³-hybridized carbons (Fsp3) is 0.500. The van der Waals surface area contributed by atoms with Crippen LogP contribution in [-0.4, -0.2) is 5.91 Å². The van der Waals surface area contributed by atoms with Crippen LogP contribution < -0.4 is 0 Å². The van der Waals surface area contributed by atoms with Crippen LogP contribution in [0.25, 0.3) is 0 Å². The van der Waals surface area contributed by atoms with Crippen molar-refractivity contribution in [2.75, 3.05) is 0 Å². The lowest BCUT2D eigenvalue weighted by molar-refractivity contribution is -0.115. The third-order valence-corrected chi connectivity index (χ3v) is 0.129. The fourth-order valence-corrected chi connectivity index (χ4v) is 0. The Morgan fingerprint density at radius 3 is 2.00 bits per heavy atom. The van der Waals surface area contributed by atoms with Crippen molar-refractivity contribution in [3.8, 4) is 0 Å². The predicted octanol–water partition coefficient (Wildman–Crippen LogP) is 0.299. The minimum absolute atomic E-state index is 0.676. The summed E-state index contributed by atoms with van der Waals surface area (Å²) in [5.74, 6) is -0.676. The van der Waals surface area contributed by atoms with E-state index < -0.39 is 5.91 Å². The monoisotopic (exact) mass is 73.0 g/mol. The Bertz CT molecular complexity index is 58.7. The Balaban J connectivity index is 3.20. The van der Waals surface area contributed by atoms with Crippen LogP contribution in [0, 0.1) is 4.91 Å². The highest BCUT2D eigenvalue weighted by atomic mass is 16.3. The molecule has 0 atom stereocenters. The van der Waals surface area contributed by atoms with Gasteiger partial charge in [-0.2, -0.15) is 0 Å². The zero-order valence-corrected chi connectivity index (χ0v) is 2.76. The smallest absolute Gasteiger partial charge is 0.269 e. The van der Waals surface area contributed by atoms with Crippen LogP contribution in [0.15, 0.2) is 5.18 Å². The highest BCUT2D eigenvalue weighted by Crippen LogP contribution is 1.60. The van der Waals surface area contributed by atoms with Crippen molar-refractivity contribution in [2.24, 2.45) is 5.18 Å². The Hall–Kier alpha value is -0.730. The van der Waals surface area contributed by atoms with Crippen molar-refractivity contribution >= 4 is 5.91 Å². The molecule has 0 radical (unpaired) electrons. The molecule has 3 heteroatoms. The summed E-state index contributed by atoms with van der Waals surface area (Å²) in [4.78, 5) is 18.2. The lowest BCUT2D eigenvalue weighted by Gasteiger charge is -1.56. The lowest BCUT2D eigenvalue weighted by Crippen LogP contribution is -1.74. The number of hydrogen-bond donors (Lipinski definition) is 0. The van der Waals surface area contributed by atoms with Crippen molar-refractivity contribution in [1.82, 2.24) is 0 Å². The van der Waals surface area contributed by atoms with Crippen molar-refractivity contribution in [2.45, 2.75) is 6.92 Å². The molecular weight excluding hydrogens is 70.0 g/mol. The second-order valence-electron chi connectivity index (χ2n) is 0.610. The molecule has 0 spiro atoms. The van der Waals surface area contributed by atoms with Crippen molar-refractivity contribution < 1.29 is 4.79 Å². The van der Waals surface area contributed by atoms with E-state index >= 15 is 0 Å². The number of nitroso groups, excluding NO2 is 1. The molecule has 0 rings (SSSR count). The van der Waals surface area contributed by atoms with Gasteiger partial charge in [0.2, 0.25) is 0 Å². The van der Waals surface area contributed by atoms with Crippen LogP contribution in [0.3, 0.4) is 0 Å². The minimum Gasteiger partial charge on any atom is -0.269 e. The van der Waals surface area contributed by atoms with E-state index in [9.17, 15) is 4.79 Å². The fourth-order valence-electron chi connectivity index (χ4n) is 0. The summed E-state index contributed by atoms with van der Waals surface area (Å²) in [6.07, 6.45) is 0. The summed E-state index contributed by atoms with van der Waals surface area (Å²) in [7, 11) is 0. The van der Waals surface area contributed by atoms with Crippen LogP contribution in [0.5, 0.6) is 0 Å². The average molecular weight is 73.1 g/mol. The Morgan fingerprint density at radius 2 is 2.00 bits per heavy atom. The summed E-state index contributed by atoms with van der Waals surface area (Å²) in [6, 6.07) is 0. The molecule has 0 heterocycles. The molecular formula is C2H3NO2. The van der Waals surface area contributed by atoms with Gasteiger partial charge in [0.25, 0.3) is 5.91 Å². The van der Waals surface area contributed by atoms with Crippen molar-refractivity contribution in [3.05, 3.63) is 4.91 Å². The Labute approximate surface area is 29.0 Å². The summed E-state index contributed by atoms with van der Waals surface area (Å²) < 4.78 is 0. The van der Waals surface area contributed by atoms with Gasteiger partial charge >= 0.3 is 0 Å². The first-order valence-electron chi connectivity index (χ1n) is 1.11. The third kappa shape index (κ3) is 3.27. The first-order valence-corrected chi connectivity index (χ1v) is 1.11. The SMILES string of the molecule is CC(=O)N=O. The molecule has 0 aliphatic carbocycles. The molecule has 0 aliphatic rings. The van der Waals surface area contributed by atoms with Crippen LogP contribution in [0.2, 0.25) is 0 Å². The molecule has 0 aromatic rings.